The first-order valence-electron chi connectivity index (χ1n) is 3.59. The lowest BCUT2D eigenvalue weighted by Crippen LogP contribution is -2.29. The fourth-order valence-corrected chi connectivity index (χ4v) is 0.459. The Morgan fingerprint density at radius 2 is 1.83 bits per heavy atom. The molecule has 0 heterocycles. The van der Waals surface area contributed by atoms with Crippen molar-refractivity contribution in [3.63, 3.8) is 0 Å². The van der Waals surface area contributed by atoms with Gasteiger partial charge in [-0.3, -0.25) is 9.59 Å². The summed E-state index contributed by atoms with van der Waals surface area (Å²) >= 11 is 0. The second-order valence-electron chi connectivity index (χ2n) is 2.30. The summed E-state index contributed by atoms with van der Waals surface area (Å²) in [5, 5.41) is 0. The quantitative estimate of drug-likeness (QED) is 0.457. The first-order valence-corrected chi connectivity index (χ1v) is 3.59. The van der Waals surface area contributed by atoms with E-state index in [9.17, 15) is 9.59 Å². The Bertz CT molecular complexity index is 167. The van der Waals surface area contributed by atoms with Crippen LogP contribution in [0.4, 0.5) is 0 Å². The van der Waals surface area contributed by atoms with Crippen molar-refractivity contribution in [1.29, 1.82) is 0 Å². The highest BCUT2D eigenvalue weighted by molar-refractivity contribution is 5.74. The van der Waals surface area contributed by atoms with E-state index in [-0.39, 0.29) is 13.2 Å². The molecule has 0 aromatic carbocycles. The van der Waals surface area contributed by atoms with Gasteiger partial charge in [0.25, 0.3) is 0 Å². The van der Waals surface area contributed by atoms with Gasteiger partial charge in [0.05, 0.1) is 0 Å². The fraction of sp³-hybridized carbons (Fsp3) is 0.714. The Labute approximate surface area is 70.8 Å². The van der Waals surface area contributed by atoms with Crippen LogP contribution in [0.15, 0.2) is 0 Å². The Morgan fingerprint density at radius 3 is 2.25 bits per heavy atom. The van der Waals surface area contributed by atoms with E-state index in [1.807, 2.05) is 0 Å². The van der Waals surface area contributed by atoms with Crippen LogP contribution in [0.25, 0.3) is 0 Å². The fourth-order valence-electron chi connectivity index (χ4n) is 0.459. The highest BCUT2D eigenvalue weighted by atomic mass is 16.6. The van der Waals surface area contributed by atoms with E-state index in [2.05, 4.69) is 9.47 Å². The Morgan fingerprint density at radius 1 is 1.33 bits per heavy atom. The zero-order chi connectivity index (χ0) is 9.56. The van der Waals surface area contributed by atoms with Gasteiger partial charge in [0.2, 0.25) is 0 Å². The molecule has 0 spiro atoms. The van der Waals surface area contributed by atoms with Crippen LogP contribution >= 0.6 is 0 Å². The van der Waals surface area contributed by atoms with Gasteiger partial charge < -0.3 is 15.2 Å². The van der Waals surface area contributed by atoms with Crippen LogP contribution in [0.3, 0.4) is 0 Å². The smallest absolute Gasteiger partial charge is 0.322 e. The molecule has 0 bridgehead atoms. The van der Waals surface area contributed by atoms with Crippen LogP contribution in [0.5, 0.6) is 0 Å². The molecule has 0 saturated carbocycles. The minimum atomic E-state index is -0.637. The molecule has 2 N–H and O–H groups in total. The van der Waals surface area contributed by atoms with E-state index in [1.54, 1.807) is 0 Å². The largest absolute Gasteiger partial charge is 0.462 e. The van der Waals surface area contributed by atoms with Crippen molar-refractivity contribution in [3.05, 3.63) is 0 Å². The topological polar surface area (TPSA) is 78.6 Å². The maximum absolute atomic E-state index is 10.7. The molecule has 0 aliphatic carbocycles. The third kappa shape index (κ3) is 5.67. The van der Waals surface area contributed by atoms with Gasteiger partial charge in [-0.1, -0.05) is 0 Å². The highest BCUT2D eigenvalue weighted by Gasteiger charge is 2.07. The minimum Gasteiger partial charge on any atom is -0.462 e. The van der Waals surface area contributed by atoms with Crippen molar-refractivity contribution >= 4 is 11.9 Å². The first kappa shape index (κ1) is 10.9. The van der Waals surface area contributed by atoms with E-state index >= 15 is 0 Å². The lowest BCUT2D eigenvalue weighted by molar-refractivity contribution is -0.151. The lowest BCUT2D eigenvalue weighted by atomic mass is 10.4. The second-order valence-corrected chi connectivity index (χ2v) is 2.30. The number of esters is 2. The molecular formula is C7H13NO4. The van der Waals surface area contributed by atoms with Crippen molar-refractivity contribution in [2.75, 3.05) is 13.2 Å². The summed E-state index contributed by atoms with van der Waals surface area (Å²) in [6, 6.07) is -0.637. The maximum Gasteiger partial charge on any atom is 0.322 e. The van der Waals surface area contributed by atoms with Gasteiger partial charge in [-0.15, -0.1) is 0 Å². The summed E-state index contributed by atoms with van der Waals surface area (Å²) in [7, 11) is 0. The zero-order valence-corrected chi connectivity index (χ0v) is 7.20. The normalized spacial score (nSPS) is 11.9. The molecule has 0 unspecified atom stereocenters. The van der Waals surface area contributed by atoms with Crippen LogP contribution < -0.4 is 5.73 Å². The summed E-state index contributed by atoms with van der Waals surface area (Å²) in [6.07, 6.45) is 0. The molecule has 0 radical (unpaired) electrons. The molecule has 0 aliphatic heterocycles. The van der Waals surface area contributed by atoms with Crippen molar-refractivity contribution < 1.29 is 19.1 Å². The number of ether oxygens (including phenoxy) is 2. The molecule has 0 rings (SSSR count). The van der Waals surface area contributed by atoms with Crippen LogP contribution in [-0.2, 0) is 19.1 Å². The molecule has 0 fully saturated rings. The lowest BCUT2D eigenvalue weighted by Gasteiger charge is -2.06. The van der Waals surface area contributed by atoms with Gasteiger partial charge in [0.1, 0.15) is 19.3 Å². The summed E-state index contributed by atoms with van der Waals surface area (Å²) in [4.78, 5) is 20.9. The number of carbonyl (C=O) groups excluding carboxylic acids is 2. The molecule has 0 amide bonds. The molecule has 1 atom stereocenters. The number of hydrogen-bond acceptors (Lipinski definition) is 5. The predicted octanol–water partition coefficient (Wildman–Crippen LogP) is -0.560. The average molecular weight is 175 g/mol. The molecule has 5 nitrogen and oxygen atoms in total. The van der Waals surface area contributed by atoms with E-state index in [1.165, 1.54) is 13.8 Å². The summed E-state index contributed by atoms with van der Waals surface area (Å²) in [6.45, 7) is 2.94. The standard InChI is InChI=1S/C7H13NO4/c1-5(8)7(10)12-4-3-11-6(2)9/h5H,3-4,8H2,1-2H3/t5-/m1/s1. The van der Waals surface area contributed by atoms with E-state index in [4.69, 9.17) is 5.73 Å². The maximum atomic E-state index is 10.7. The van der Waals surface area contributed by atoms with Gasteiger partial charge in [-0.05, 0) is 6.92 Å². The number of nitrogens with two attached hydrogens (primary N) is 1. The Kier molecular flexibility index (Phi) is 5.03. The third-order valence-corrected chi connectivity index (χ3v) is 1.00. The van der Waals surface area contributed by atoms with Crippen LogP contribution in [-0.4, -0.2) is 31.2 Å². The van der Waals surface area contributed by atoms with Crippen LogP contribution in [0, 0.1) is 0 Å². The molecule has 0 aliphatic rings. The molecule has 70 valence electrons. The van der Waals surface area contributed by atoms with Crippen LogP contribution in [0.1, 0.15) is 13.8 Å². The second kappa shape index (κ2) is 5.54. The number of rotatable bonds is 4. The predicted molar refractivity (Wildman–Crippen MR) is 41.2 cm³/mol. The van der Waals surface area contributed by atoms with Gasteiger partial charge in [0, 0.05) is 6.92 Å². The van der Waals surface area contributed by atoms with Gasteiger partial charge >= 0.3 is 11.9 Å². The summed E-state index contributed by atoms with van der Waals surface area (Å²) < 4.78 is 9.13. The zero-order valence-electron chi connectivity index (χ0n) is 7.20. The van der Waals surface area contributed by atoms with Crippen LogP contribution in [0.2, 0.25) is 0 Å². The third-order valence-electron chi connectivity index (χ3n) is 1.00. The SMILES string of the molecule is CC(=O)OCCOC(=O)[C@@H](C)N. The molecule has 12 heavy (non-hydrogen) atoms. The Hall–Kier alpha value is -1.10. The molecule has 0 aromatic heterocycles. The van der Waals surface area contributed by atoms with Gasteiger partial charge in [-0.25, -0.2) is 0 Å². The molecule has 5 heteroatoms. The number of hydrogen-bond donors (Lipinski definition) is 1. The average Bonchev–Trinajstić information content (AvgIpc) is 1.97. The molecule has 0 saturated heterocycles. The van der Waals surface area contributed by atoms with Crippen molar-refractivity contribution in [2.24, 2.45) is 5.73 Å². The summed E-state index contributed by atoms with van der Waals surface area (Å²) in [5.74, 6) is -0.894. The highest BCUT2D eigenvalue weighted by Crippen LogP contribution is 1.84. The van der Waals surface area contributed by atoms with E-state index in [0.717, 1.165) is 0 Å². The Balaban J connectivity index is 3.32. The van der Waals surface area contributed by atoms with Crippen molar-refractivity contribution in [3.8, 4) is 0 Å². The first-order chi connectivity index (χ1) is 5.54. The van der Waals surface area contributed by atoms with Crippen molar-refractivity contribution in [2.45, 2.75) is 19.9 Å². The monoisotopic (exact) mass is 175 g/mol. The van der Waals surface area contributed by atoms with E-state index < -0.39 is 18.0 Å². The van der Waals surface area contributed by atoms with Gasteiger partial charge in [0.15, 0.2) is 0 Å². The van der Waals surface area contributed by atoms with Crippen molar-refractivity contribution in [1.82, 2.24) is 0 Å². The number of carbonyl (C=O) groups is 2. The minimum absolute atomic E-state index is 0.0555. The van der Waals surface area contributed by atoms with Gasteiger partial charge in [-0.2, -0.15) is 0 Å². The van der Waals surface area contributed by atoms with E-state index in [0.29, 0.717) is 0 Å². The summed E-state index contributed by atoms with van der Waals surface area (Å²) in [5.41, 5.74) is 5.20. The molecular weight excluding hydrogens is 162 g/mol. The molecule has 0 aromatic rings.